The molecule has 2 fully saturated rings. The number of halogens is 3. The summed E-state index contributed by atoms with van der Waals surface area (Å²) in [6.45, 7) is 2.15. The van der Waals surface area contributed by atoms with Crippen LogP contribution in [0.5, 0.6) is 5.88 Å². The van der Waals surface area contributed by atoms with Gasteiger partial charge in [0.25, 0.3) is 0 Å². The van der Waals surface area contributed by atoms with Gasteiger partial charge in [0.2, 0.25) is 5.88 Å². The molecule has 3 rings (SSSR count). The smallest absolute Gasteiger partial charge is 0.421 e. The fourth-order valence-electron chi connectivity index (χ4n) is 3.34. The fourth-order valence-corrected chi connectivity index (χ4v) is 3.34. The molecule has 6 heteroatoms. The van der Waals surface area contributed by atoms with Gasteiger partial charge in [0.1, 0.15) is 5.56 Å². The van der Waals surface area contributed by atoms with Crippen LogP contribution in [0.3, 0.4) is 0 Å². The van der Waals surface area contributed by atoms with Crippen LogP contribution in [0, 0.1) is 11.3 Å². The van der Waals surface area contributed by atoms with Crippen molar-refractivity contribution >= 4 is 0 Å². The molecule has 0 amide bonds. The zero-order valence-electron chi connectivity index (χ0n) is 11.3. The topological polar surface area (TPSA) is 34.1 Å². The van der Waals surface area contributed by atoms with Crippen LogP contribution in [0.4, 0.5) is 13.2 Å². The van der Waals surface area contributed by atoms with Crippen molar-refractivity contribution in [3.63, 3.8) is 0 Å². The highest BCUT2D eigenvalue weighted by Gasteiger charge is 2.48. The Morgan fingerprint density at radius 3 is 2.55 bits per heavy atom. The summed E-state index contributed by atoms with van der Waals surface area (Å²) in [5.74, 6) is 0.209. The second-order valence-corrected chi connectivity index (χ2v) is 5.94. The van der Waals surface area contributed by atoms with Gasteiger partial charge < -0.3 is 10.1 Å². The molecule has 1 saturated carbocycles. The van der Waals surface area contributed by atoms with Gasteiger partial charge in [-0.1, -0.05) is 0 Å². The summed E-state index contributed by atoms with van der Waals surface area (Å²) < 4.78 is 43.0. The molecule has 3 nitrogen and oxygen atoms in total. The average Bonchev–Trinajstić information content (AvgIpc) is 2.29. The molecule has 1 N–H and O–H groups in total. The number of ether oxygens (including phenoxy) is 1. The quantitative estimate of drug-likeness (QED) is 0.927. The minimum atomic E-state index is -4.42. The number of methoxy groups -OCH3 is 1. The Morgan fingerprint density at radius 1 is 1.35 bits per heavy atom. The number of hydrogen-bond donors (Lipinski definition) is 1. The largest absolute Gasteiger partial charge is 0.481 e. The first-order valence-electron chi connectivity index (χ1n) is 6.74. The van der Waals surface area contributed by atoms with E-state index in [1.54, 1.807) is 0 Å². The molecule has 0 unspecified atom stereocenters. The maximum Gasteiger partial charge on any atom is 0.421 e. The van der Waals surface area contributed by atoms with Crippen molar-refractivity contribution < 1.29 is 17.9 Å². The van der Waals surface area contributed by atoms with Crippen LogP contribution in [0.2, 0.25) is 0 Å². The summed E-state index contributed by atoms with van der Waals surface area (Å²) in [6, 6.07) is 2.54. The summed E-state index contributed by atoms with van der Waals surface area (Å²) in [5, 5.41) is 3.27. The van der Waals surface area contributed by atoms with E-state index in [4.69, 9.17) is 4.74 Å². The Morgan fingerprint density at radius 2 is 2.05 bits per heavy atom. The normalized spacial score (nSPS) is 21.4. The molecule has 1 saturated heterocycles. The third-order valence-electron chi connectivity index (χ3n) is 4.36. The lowest BCUT2D eigenvalue weighted by atomic mass is 9.57. The number of pyridine rings is 1. The maximum atomic E-state index is 12.7. The summed E-state index contributed by atoms with van der Waals surface area (Å²) in [6.07, 6.45) is -1.40. The van der Waals surface area contributed by atoms with Crippen LogP contribution in [-0.4, -0.2) is 25.2 Å². The predicted octanol–water partition coefficient (Wildman–Crippen LogP) is 2.65. The van der Waals surface area contributed by atoms with Crippen LogP contribution in [0.15, 0.2) is 12.1 Å². The van der Waals surface area contributed by atoms with Gasteiger partial charge in [-0.2, -0.15) is 13.2 Å². The molecule has 0 bridgehead atoms. The molecule has 0 atom stereocenters. The van der Waals surface area contributed by atoms with E-state index in [0.29, 0.717) is 17.0 Å². The first-order valence-corrected chi connectivity index (χ1v) is 6.74. The molecule has 1 aromatic heterocycles. The number of hydrogen-bond acceptors (Lipinski definition) is 3. The van der Waals surface area contributed by atoms with Crippen molar-refractivity contribution in [2.24, 2.45) is 11.3 Å². The van der Waals surface area contributed by atoms with Crippen LogP contribution in [0.25, 0.3) is 0 Å². The molecule has 1 aliphatic heterocycles. The molecule has 1 spiro atoms. The molecule has 2 aliphatic rings. The van der Waals surface area contributed by atoms with E-state index in [0.717, 1.165) is 38.4 Å². The standard InChI is InChI=1S/C14H17F3N2O/c1-20-12-11(14(15,16)17)3-2-10(19-12)4-9-5-13(6-9)7-18-8-13/h2-3,9,18H,4-8H2,1H3. The van der Waals surface area contributed by atoms with E-state index in [1.165, 1.54) is 13.2 Å². The number of alkyl halides is 3. The van der Waals surface area contributed by atoms with E-state index in [-0.39, 0.29) is 5.88 Å². The first kappa shape index (κ1) is 13.7. The molecule has 0 aromatic carbocycles. The highest BCUT2D eigenvalue weighted by Crippen LogP contribution is 2.49. The van der Waals surface area contributed by atoms with E-state index in [1.807, 2.05) is 0 Å². The second kappa shape index (κ2) is 4.62. The second-order valence-electron chi connectivity index (χ2n) is 5.94. The van der Waals surface area contributed by atoms with Gasteiger partial charge >= 0.3 is 6.18 Å². The molecule has 2 heterocycles. The maximum absolute atomic E-state index is 12.7. The molecule has 1 aromatic rings. The number of nitrogens with one attached hydrogen (secondary N) is 1. The van der Waals surface area contributed by atoms with E-state index in [2.05, 4.69) is 10.3 Å². The molecule has 1 aliphatic carbocycles. The van der Waals surface area contributed by atoms with Crippen molar-refractivity contribution in [1.29, 1.82) is 0 Å². The summed E-state index contributed by atoms with van der Waals surface area (Å²) in [4.78, 5) is 4.01. The Bertz CT molecular complexity index is 504. The van der Waals surface area contributed by atoms with Crippen molar-refractivity contribution in [2.45, 2.75) is 25.4 Å². The minimum absolute atomic E-state index is 0.325. The number of nitrogens with zero attached hydrogens (tertiary/aromatic N) is 1. The number of rotatable bonds is 3. The van der Waals surface area contributed by atoms with Crippen LogP contribution >= 0.6 is 0 Å². The molecular formula is C14H17F3N2O. The Labute approximate surface area is 115 Å². The summed E-state index contributed by atoms with van der Waals surface area (Å²) in [7, 11) is 1.22. The van der Waals surface area contributed by atoms with Gasteiger partial charge in [0.15, 0.2) is 0 Å². The van der Waals surface area contributed by atoms with Gasteiger partial charge in [-0.15, -0.1) is 0 Å². The predicted molar refractivity (Wildman–Crippen MR) is 67.5 cm³/mol. The van der Waals surface area contributed by atoms with Gasteiger partial charge in [-0.05, 0) is 42.7 Å². The van der Waals surface area contributed by atoms with Gasteiger partial charge in [0, 0.05) is 18.8 Å². The van der Waals surface area contributed by atoms with Crippen molar-refractivity contribution in [2.75, 3.05) is 20.2 Å². The lowest BCUT2D eigenvalue weighted by Gasteiger charge is -2.54. The van der Waals surface area contributed by atoms with Crippen molar-refractivity contribution in [3.8, 4) is 5.88 Å². The minimum Gasteiger partial charge on any atom is -0.481 e. The van der Waals surface area contributed by atoms with E-state index < -0.39 is 11.7 Å². The summed E-state index contributed by atoms with van der Waals surface area (Å²) >= 11 is 0. The molecule has 20 heavy (non-hydrogen) atoms. The van der Waals surface area contributed by atoms with Gasteiger partial charge in [0.05, 0.1) is 7.11 Å². The van der Waals surface area contributed by atoms with Crippen LogP contribution in [0.1, 0.15) is 24.1 Å². The fraction of sp³-hybridized carbons (Fsp3) is 0.643. The van der Waals surface area contributed by atoms with Crippen molar-refractivity contribution in [1.82, 2.24) is 10.3 Å². The highest BCUT2D eigenvalue weighted by molar-refractivity contribution is 5.31. The number of aromatic nitrogens is 1. The highest BCUT2D eigenvalue weighted by atomic mass is 19.4. The first-order chi connectivity index (χ1) is 9.42. The lowest BCUT2D eigenvalue weighted by Crippen LogP contribution is -2.60. The SMILES string of the molecule is COc1nc(CC2CC3(CNC3)C2)ccc1C(F)(F)F. The van der Waals surface area contributed by atoms with Crippen molar-refractivity contribution in [3.05, 3.63) is 23.4 Å². The third-order valence-corrected chi connectivity index (χ3v) is 4.36. The summed E-state index contributed by atoms with van der Waals surface area (Å²) in [5.41, 5.74) is 0.347. The zero-order valence-corrected chi connectivity index (χ0v) is 11.3. The Hall–Kier alpha value is -1.30. The van der Waals surface area contributed by atoms with E-state index in [9.17, 15) is 13.2 Å². The van der Waals surface area contributed by atoms with Crippen LogP contribution < -0.4 is 10.1 Å². The van der Waals surface area contributed by atoms with Crippen LogP contribution in [-0.2, 0) is 12.6 Å². The van der Waals surface area contributed by atoms with Gasteiger partial charge in [-0.25, -0.2) is 4.98 Å². The lowest BCUT2D eigenvalue weighted by molar-refractivity contribution is -0.139. The third kappa shape index (κ3) is 2.37. The monoisotopic (exact) mass is 286 g/mol. The molecular weight excluding hydrogens is 269 g/mol. The zero-order chi connectivity index (χ0) is 14.4. The molecule has 110 valence electrons. The Kier molecular flexibility index (Phi) is 3.16. The average molecular weight is 286 g/mol. The Balaban J connectivity index is 1.68. The molecule has 0 radical (unpaired) electrons. The van der Waals surface area contributed by atoms with Gasteiger partial charge in [-0.3, -0.25) is 0 Å². The van der Waals surface area contributed by atoms with E-state index >= 15 is 0 Å².